The summed E-state index contributed by atoms with van der Waals surface area (Å²) in [4.78, 5) is 2.16. The summed E-state index contributed by atoms with van der Waals surface area (Å²) in [5.74, 6) is 0. The van der Waals surface area contributed by atoms with Crippen LogP contribution in [-0.2, 0) is 13.6 Å². The van der Waals surface area contributed by atoms with Crippen molar-refractivity contribution in [3.8, 4) is 0 Å². The average molecular weight is 245 g/mol. The van der Waals surface area contributed by atoms with E-state index in [1.165, 1.54) is 0 Å². The van der Waals surface area contributed by atoms with E-state index in [1.807, 2.05) is 14.0 Å². The molecule has 1 unspecified atom stereocenters. The summed E-state index contributed by atoms with van der Waals surface area (Å²) in [7, 11) is 6.00. The van der Waals surface area contributed by atoms with Crippen LogP contribution in [0, 0.1) is 6.92 Å². The molecule has 4 nitrogen and oxygen atoms in total. The predicted molar refractivity (Wildman–Crippen MR) is 67.8 cm³/mol. The number of hydrogen-bond donors (Lipinski definition) is 1. The van der Waals surface area contributed by atoms with Gasteiger partial charge in [0.25, 0.3) is 0 Å². The van der Waals surface area contributed by atoms with Gasteiger partial charge in [-0.2, -0.15) is 5.10 Å². The van der Waals surface area contributed by atoms with Crippen LogP contribution in [0.4, 0.5) is 0 Å². The Morgan fingerprint density at radius 1 is 1.50 bits per heavy atom. The Hall–Kier alpha value is -0.580. The van der Waals surface area contributed by atoms with E-state index in [1.54, 1.807) is 4.68 Å². The zero-order valence-electron chi connectivity index (χ0n) is 10.7. The van der Waals surface area contributed by atoms with Crippen molar-refractivity contribution >= 4 is 11.6 Å². The number of halogens is 1. The minimum Gasteiger partial charge on any atom is -0.309 e. The van der Waals surface area contributed by atoms with Crippen molar-refractivity contribution in [1.29, 1.82) is 0 Å². The molecule has 1 atom stereocenters. The Labute approximate surface area is 103 Å². The summed E-state index contributed by atoms with van der Waals surface area (Å²) in [6.07, 6.45) is 0. The first-order valence-corrected chi connectivity index (χ1v) is 5.85. The highest BCUT2D eigenvalue weighted by Crippen LogP contribution is 2.18. The quantitative estimate of drug-likeness (QED) is 0.851. The van der Waals surface area contributed by atoms with Crippen LogP contribution in [0.25, 0.3) is 0 Å². The van der Waals surface area contributed by atoms with Gasteiger partial charge in [-0.05, 0) is 27.9 Å². The number of rotatable bonds is 5. The monoisotopic (exact) mass is 244 g/mol. The minimum atomic E-state index is 0.436. The summed E-state index contributed by atoms with van der Waals surface area (Å²) in [5, 5.41) is 8.45. The molecule has 0 saturated carbocycles. The lowest BCUT2D eigenvalue weighted by Gasteiger charge is -2.18. The van der Waals surface area contributed by atoms with Crippen molar-refractivity contribution in [3.05, 3.63) is 16.4 Å². The van der Waals surface area contributed by atoms with Crippen LogP contribution >= 0.6 is 11.6 Å². The summed E-state index contributed by atoms with van der Waals surface area (Å²) < 4.78 is 1.71. The molecule has 0 aromatic carbocycles. The molecule has 0 aliphatic rings. The number of aryl methyl sites for hydroxylation is 2. The van der Waals surface area contributed by atoms with Crippen LogP contribution in [0.2, 0.25) is 5.15 Å². The lowest BCUT2D eigenvalue weighted by atomic mass is 10.2. The number of likely N-dealkylation sites (N-methyl/N-ethyl adjacent to an activating group) is 1. The molecule has 0 fully saturated rings. The molecule has 1 heterocycles. The first-order chi connectivity index (χ1) is 7.41. The summed E-state index contributed by atoms with van der Waals surface area (Å²) in [6, 6.07) is 0.436. The molecule has 5 heteroatoms. The number of nitrogens with one attached hydrogen (secondary N) is 1. The first kappa shape index (κ1) is 13.5. The SMILES string of the molecule is Cc1nn(C)c(Cl)c1CNC(C)CN(C)C. The van der Waals surface area contributed by atoms with Crippen LogP contribution < -0.4 is 5.32 Å². The van der Waals surface area contributed by atoms with Crippen LogP contribution in [-0.4, -0.2) is 41.4 Å². The fraction of sp³-hybridized carbons (Fsp3) is 0.727. The van der Waals surface area contributed by atoms with Gasteiger partial charge in [0.15, 0.2) is 0 Å². The molecule has 0 bridgehead atoms. The molecule has 1 aromatic rings. The standard InChI is InChI=1S/C11H21ClN4/c1-8(7-15(3)4)13-6-10-9(2)14-16(5)11(10)12/h8,13H,6-7H2,1-5H3. The lowest BCUT2D eigenvalue weighted by molar-refractivity contribution is 0.349. The van der Waals surface area contributed by atoms with E-state index in [4.69, 9.17) is 11.6 Å². The number of hydrogen-bond acceptors (Lipinski definition) is 3. The van der Waals surface area contributed by atoms with Gasteiger partial charge in [-0.15, -0.1) is 0 Å². The predicted octanol–water partition coefficient (Wildman–Crippen LogP) is 1.42. The van der Waals surface area contributed by atoms with E-state index in [-0.39, 0.29) is 0 Å². The van der Waals surface area contributed by atoms with E-state index in [0.29, 0.717) is 6.04 Å². The van der Waals surface area contributed by atoms with Gasteiger partial charge in [0.05, 0.1) is 5.69 Å². The van der Waals surface area contributed by atoms with Crippen molar-refractivity contribution < 1.29 is 0 Å². The normalized spacial score (nSPS) is 13.4. The summed E-state index contributed by atoms with van der Waals surface area (Å²) >= 11 is 6.15. The van der Waals surface area contributed by atoms with E-state index in [0.717, 1.165) is 29.5 Å². The molecule has 1 rings (SSSR count). The summed E-state index contributed by atoms with van der Waals surface area (Å²) in [5.41, 5.74) is 2.09. The Morgan fingerprint density at radius 2 is 2.12 bits per heavy atom. The van der Waals surface area contributed by atoms with Crippen molar-refractivity contribution in [2.75, 3.05) is 20.6 Å². The molecule has 0 amide bonds. The smallest absolute Gasteiger partial charge is 0.131 e. The Morgan fingerprint density at radius 3 is 2.56 bits per heavy atom. The summed E-state index contributed by atoms with van der Waals surface area (Å²) in [6.45, 7) is 5.93. The van der Waals surface area contributed by atoms with E-state index >= 15 is 0 Å². The van der Waals surface area contributed by atoms with Crippen molar-refractivity contribution in [2.45, 2.75) is 26.4 Å². The average Bonchev–Trinajstić information content (AvgIpc) is 2.38. The third-order valence-electron chi connectivity index (χ3n) is 2.54. The Kier molecular flexibility index (Phi) is 4.77. The minimum absolute atomic E-state index is 0.436. The fourth-order valence-electron chi connectivity index (χ4n) is 1.76. The third-order valence-corrected chi connectivity index (χ3v) is 3.01. The molecule has 0 radical (unpaired) electrons. The van der Waals surface area contributed by atoms with Crippen LogP contribution in [0.1, 0.15) is 18.2 Å². The van der Waals surface area contributed by atoms with Gasteiger partial charge in [-0.1, -0.05) is 11.6 Å². The van der Waals surface area contributed by atoms with E-state index in [9.17, 15) is 0 Å². The van der Waals surface area contributed by atoms with Crippen molar-refractivity contribution in [3.63, 3.8) is 0 Å². The second kappa shape index (κ2) is 5.66. The maximum Gasteiger partial charge on any atom is 0.131 e. The Bertz CT molecular complexity index is 346. The number of nitrogens with zero attached hydrogens (tertiary/aromatic N) is 3. The van der Waals surface area contributed by atoms with E-state index in [2.05, 4.69) is 36.3 Å². The van der Waals surface area contributed by atoms with E-state index < -0.39 is 0 Å². The molecule has 16 heavy (non-hydrogen) atoms. The van der Waals surface area contributed by atoms with Gasteiger partial charge in [0.2, 0.25) is 0 Å². The van der Waals surface area contributed by atoms with Gasteiger partial charge in [-0.25, -0.2) is 0 Å². The molecule has 92 valence electrons. The van der Waals surface area contributed by atoms with Crippen molar-refractivity contribution in [2.24, 2.45) is 7.05 Å². The highest BCUT2D eigenvalue weighted by Gasteiger charge is 2.12. The lowest BCUT2D eigenvalue weighted by Crippen LogP contribution is -2.35. The highest BCUT2D eigenvalue weighted by molar-refractivity contribution is 6.30. The topological polar surface area (TPSA) is 33.1 Å². The van der Waals surface area contributed by atoms with Crippen molar-refractivity contribution in [1.82, 2.24) is 20.0 Å². The first-order valence-electron chi connectivity index (χ1n) is 5.48. The van der Waals surface area contributed by atoms with Gasteiger partial charge in [0, 0.05) is 31.7 Å². The largest absolute Gasteiger partial charge is 0.309 e. The second-order valence-electron chi connectivity index (χ2n) is 4.52. The number of aromatic nitrogens is 2. The molecule has 1 aromatic heterocycles. The van der Waals surface area contributed by atoms with Crippen LogP contribution in [0.3, 0.4) is 0 Å². The molecule has 0 aliphatic heterocycles. The maximum atomic E-state index is 6.15. The molecule has 1 N–H and O–H groups in total. The highest BCUT2D eigenvalue weighted by atomic mass is 35.5. The maximum absolute atomic E-state index is 6.15. The Balaban J connectivity index is 2.54. The van der Waals surface area contributed by atoms with Gasteiger partial charge >= 0.3 is 0 Å². The molecule has 0 aliphatic carbocycles. The molecular weight excluding hydrogens is 224 g/mol. The fourth-order valence-corrected chi connectivity index (χ4v) is 2.00. The van der Waals surface area contributed by atoms with Crippen LogP contribution in [0.5, 0.6) is 0 Å². The zero-order chi connectivity index (χ0) is 12.3. The molecule has 0 saturated heterocycles. The van der Waals surface area contributed by atoms with Gasteiger partial charge in [-0.3, -0.25) is 4.68 Å². The molecular formula is C11H21ClN4. The zero-order valence-corrected chi connectivity index (χ0v) is 11.5. The molecule has 0 spiro atoms. The van der Waals surface area contributed by atoms with Gasteiger partial charge < -0.3 is 10.2 Å². The van der Waals surface area contributed by atoms with Crippen LogP contribution in [0.15, 0.2) is 0 Å². The second-order valence-corrected chi connectivity index (χ2v) is 4.88. The third kappa shape index (κ3) is 3.47. The van der Waals surface area contributed by atoms with Gasteiger partial charge in [0.1, 0.15) is 5.15 Å².